The first-order chi connectivity index (χ1) is 9.03. The van der Waals surface area contributed by atoms with Crippen molar-refractivity contribution in [2.45, 2.75) is 44.1 Å². The van der Waals surface area contributed by atoms with Crippen LogP contribution in [0.4, 0.5) is 4.79 Å². The molecule has 0 bridgehead atoms. The molecule has 0 aromatic carbocycles. The summed E-state index contributed by atoms with van der Waals surface area (Å²) >= 11 is 0. The van der Waals surface area contributed by atoms with Gasteiger partial charge in [-0.3, -0.25) is 14.9 Å². The van der Waals surface area contributed by atoms with Crippen LogP contribution in [0.15, 0.2) is 0 Å². The van der Waals surface area contributed by atoms with E-state index in [1.165, 1.54) is 0 Å². The molecule has 3 amide bonds. The fourth-order valence-electron chi connectivity index (χ4n) is 3.74. The first-order valence-electron chi connectivity index (χ1n) is 6.89. The molecule has 104 valence electrons. The van der Waals surface area contributed by atoms with Gasteiger partial charge in [-0.25, -0.2) is 4.79 Å². The number of carboxylic acid groups (broad SMARTS) is 1. The Morgan fingerprint density at radius 3 is 2.47 bits per heavy atom. The van der Waals surface area contributed by atoms with Gasteiger partial charge in [0.1, 0.15) is 5.54 Å². The van der Waals surface area contributed by atoms with Gasteiger partial charge in [0, 0.05) is 5.92 Å². The molecule has 2 aliphatic carbocycles. The van der Waals surface area contributed by atoms with E-state index in [0.29, 0.717) is 18.8 Å². The van der Waals surface area contributed by atoms with Gasteiger partial charge >= 0.3 is 12.0 Å². The van der Waals surface area contributed by atoms with Crippen LogP contribution in [0, 0.1) is 17.8 Å². The highest BCUT2D eigenvalue weighted by Gasteiger charge is 2.63. The third-order valence-electron chi connectivity index (χ3n) is 4.79. The summed E-state index contributed by atoms with van der Waals surface area (Å²) in [4.78, 5) is 34.7. The number of hydrogen-bond acceptors (Lipinski definition) is 3. The number of hydrogen-bond donors (Lipinski definition) is 3. The molecule has 3 atom stereocenters. The van der Waals surface area contributed by atoms with E-state index in [-0.39, 0.29) is 11.8 Å². The van der Waals surface area contributed by atoms with Crippen LogP contribution in [0.1, 0.15) is 38.5 Å². The number of aliphatic carboxylic acids is 1. The van der Waals surface area contributed by atoms with E-state index in [4.69, 9.17) is 5.11 Å². The van der Waals surface area contributed by atoms with E-state index >= 15 is 0 Å². The number of carbonyl (C=O) groups excluding carboxylic acids is 2. The molecule has 19 heavy (non-hydrogen) atoms. The number of amides is 3. The normalized spacial score (nSPS) is 38.1. The van der Waals surface area contributed by atoms with Crippen molar-refractivity contribution in [3.8, 4) is 0 Å². The molecule has 0 radical (unpaired) electrons. The van der Waals surface area contributed by atoms with Crippen molar-refractivity contribution in [3.63, 3.8) is 0 Å². The van der Waals surface area contributed by atoms with E-state index in [9.17, 15) is 14.4 Å². The predicted octanol–water partition coefficient (Wildman–Crippen LogP) is 0.866. The number of rotatable bonds is 4. The van der Waals surface area contributed by atoms with Crippen LogP contribution in [-0.2, 0) is 9.59 Å². The minimum atomic E-state index is -0.977. The average Bonchev–Trinajstić information content (AvgIpc) is 2.91. The smallest absolute Gasteiger partial charge is 0.322 e. The fraction of sp³-hybridized carbons (Fsp3) is 0.769. The minimum Gasteiger partial charge on any atom is -0.481 e. The Bertz CT molecular complexity index is 444. The molecule has 1 aliphatic heterocycles. The van der Waals surface area contributed by atoms with Gasteiger partial charge in [0.2, 0.25) is 0 Å². The summed E-state index contributed by atoms with van der Waals surface area (Å²) in [7, 11) is 0. The zero-order valence-electron chi connectivity index (χ0n) is 10.6. The molecule has 3 N–H and O–H groups in total. The number of nitrogens with one attached hydrogen (secondary N) is 2. The van der Waals surface area contributed by atoms with Gasteiger partial charge in [0.15, 0.2) is 0 Å². The van der Waals surface area contributed by atoms with Crippen molar-refractivity contribution < 1.29 is 19.5 Å². The Balaban J connectivity index is 1.81. The summed E-state index contributed by atoms with van der Waals surface area (Å²) in [6, 6.07) is -0.487. The third-order valence-corrected chi connectivity index (χ3v) is 4.79. The minimum absolute atomic E-state index is 0.253. The molecular formula is C13H18N2O4. The largest absolute Gasteiger partial charge is 0.481 e. The maximum atomic E-state index is 12.2. The summed E-state index contributed by atoms with van der Waals surface area (Å²) < 4.78 is 0. The molecule has 6 nitrogen and oxygen atoms in total. The first-order valence-corrected chi connectivity index (χ1v) is 6.89. The van der Waals surface area contributed by atoms with E-state index in [2.05, 4.69) is 10.6 Å². The Morgan fingerprint density at radius 1 is 1.32 bits per heavy atom. The highest BCUT2D eigenvalue weighted by atomic mass is 16.4. The lowest BCUT2D eigenvalue weighted by Gasteiger charge is -2.29. The summed E-state index contributed by atoms with van der Waals surface area (Å²) in [5.74, 6) is -1.54. The molecule has 1 unspecified atom stereocenters. The molecule has 0 aromatic heterocycles. The Hall–Kier alpha value is -1.59. The lowest BCUT2D eigenvalue weighted by atomic mass is 9.81. The number of urea groups is 1. The highest BCUT2D eigenvalue weighted by Crippen LogP contribution is 2.51. The van der Waals surface area contributed by atoms with E-state index in [1.807, 2.05) is 0 Å². The maximum Gasteiger partial charge on any atom is 0.322 e. The van der Waals surface area contributed by atoms with Gasteiger partial charge in [0.25, 0.3) is 5.91 Å². The fourth-order valence-corrected chi connectivity index (χ4v) is 3.74. The van der Waals surface area contributed by atoms with Crippen LogP contribution < -0.4 is 10.6 Å². The van der Waals surface area contributed by atoms with Gasteiger partial charge < -0.3 is 10.4 Å². The Labute approximate surface area is 110 Å². The molecule has 1 heterocycles. The molecule has 0 spiro atoms. The maximum absolute atomic E-state index is 12.2. The zero-order chi connectivity index (χ0) is 13.6. The molecule has 6 heteroatoms. The molecule has 3 aliphatic rings. The van der Waals surface area contributed by atoms with Crippen LogP contribution >= 0.6 is 0 Å². The van der Waals surface area contributed by atoms with Gasteiger partial charge in [-0.2, -0.15) is 0 Å². The predicted molar refractivity (Wildman–Crippen MR) is 65.2 cm³/mol. The summed E-state index contributed by atoms with van der Waals surface area (Å²) in [6.45, 7) is 0. The second-order valence-corrected chi connectivity index (χ2v) is 6.02. The lowest BCUT2D eigenvalue weighted by molar-refractivity contribution is -0.139. The molecular weight excluding hydrogens is 248 g/mol. The van der Waals surface area contributed by atoms with Crippen molar-refractivity contribution in [1.29, 1.82) is 0 Å². The lowest BCUT2D eigenvalue weighted by Crippen LogP contribution is -2.51. The van der Waals surface area contributed by atoms with Crippen LogP contribution in [0.3, 0.4) is 0 Å². The quantitative estimate of drug-likeness (QED) is 0.658. The topological polar surface area (TPSA) is 95.5 Å². The van der Waals surface area contributed by atoms with Crippen molar-refractivity contribution in [1.82, 2.24) is 10.6 Å². The van der Waals surface area contributed by atoms with Crippen LogP contribution in [0.25, 0.3) is 0 Å². The standard InChI is InChI=1S/C13H18N2O4/c16-10(17)8-5-9(8)13(6-7-3-1-2-4-7)11(18)14-12(19)15-13/h7-9H,1-6H2,(H,16,17)(H2,14,15,18,19)/t8-,9-,13?/m0/s1. The summed E-state index contributed by atoms with van der Waals surface area (Å²) in [6.07, 6.45) is 5.51. The van der Waals surface area contributed by atoms with Crippen LogP contribution in [-0.4, -0.2) is 28.6 Å². The van der Waals surface area contributed by atoms with Crippen molar-refractivity contribution in [2.75, 3.05) is 0 Å². The van der Waals surface area contributed by atoms with Crippen LogP contribution in [0.2, 0.25) is 0 Å². The van der Waals surface area contributed by atoms with Crippen LogP contribution in [0.5, 0.6) is 0 Å². The van der Waals surface area contributed by atoms with Crippen molar-refractivity contribution in [2.24, 2.45) is 17.8 Å². The molecule has 3 fully saturated rings. The van der Waals surface area contributed by atoms with Gasteiger partial charge in [0.05, 0.1) is 5.92 Å². The third kappa shape index (κ3) is 1.99. The first kappa shape index (κ1) is 12.4. The zero-order valence-corrected chi connectivity index (χ0v) is 10.6. The van der Waals surface area contributed by atoms with E-state index in [1.54, 1.807) is 0 Å². The van der Waals surface area contributed by atoms with Crippen molar-refractivity contribution in [3.05, 3.63) is 0 Å². The molecule has 2 saturated carbocycles. The van der Waals surface area contributed by atoms with Gasteiger partial charge in [-0.05, 0) is 18.8 Å². The summed E-state index contributed by atoms with van der Waals surface area (Å²) in [5.41, 5.74) is -0.977. The number of imide groups is 1. The van der Waals surface area contributed by atoms with Crippen molar-refractivity contribution >= 4 is 17.9 Å². The Morgan fingerprint density at radius 2 is 2.00 bits per heavy atom. The van der Waals surface area contributed by atoms with Gasteiger partial charge in [-0.15, -0.1) is 0 Å². The molecule has 1 saturated heterocycles. The molecule has 0 aromatic rings. The molecule has 3 rings (SSSR count). The Kier molecular flexibility index (Phi) is 2.76. The number of carbonyl (C=O) groups is 3. The monoisotopic (exact) mass is 266 g/mol. The van der Waals surface area contributed by atoms with E-state index in [0.717, 1.165) is 25.7 Å². The number of carboxylic acids is 1. The SMILES string of the molecule is O=C1NC(=O)C(CC2CCCC2)([C@H]2C[C@@H]2C(=O)O)N1. The average molecular weight is 266 g/mol. The highest BCUT2D eigenvalue weighted by molar-refractivity contribution is 6.07. The van der Waals surface area contributed by atoms with Gasteiger partial charge in [-0.1, -0.05) is 25.7 Å². The second kappa shape index (κ2) is 4.21. The van der Waals surface area contributed by atoms with E-state index < -0.39 is 23.5 Å². The second-order valence-electron chi connectivity index (χ2n) is 6.02. The summed E-state index contributed by atoms with van der Waals surface area (Å²) in [5, 5.41) is 14.1.